The Morgan fingerprint density at radius 3 is 2.70 bits per heavy atom. The van der Waals surface area contributed by atoms with E-state index in [9.17, 15) is 0 Å². The summed E-state index contributed by atoms with van der Waals surface area (Å²) in [5.74, 6) is 0.738. The minimum atomic E-state index is 0.169. The van der Waals surface area contributed by atoms with E-state index in [1.807, 2.05) is 31.6 Å². The number of aryl methyl sites for hydroxylation is 1. The Hall–Kier alpha value is -2.70. The lowest BCUT2D eigenvalue weighted by molar-refractivity contribution is 0.765. The number of hydrogen-bond donors (Lipinski definition) is 1. The molecule has 3 aromatic rings. The minimum Gasteiger partial charge on any atom is -0.377 e. The number of hydrogen-bond acceptors (Lipinski definition) is 5. The van der Waals surface area contributed by atoms with Gasteiger partial charge in [-0.3, -0.25) is 4.68 Å². The summed E-state index contributed by atoms with van der Waals surface area (Å²) in [6.45, 7) is 2.09. The van der Waals surface area contributed by atoms with Gasteiger partial charge < -0.3 is 5.32 Å². The van der Waals surface area contributed by atoms with Crippen molar-refractivity contribution in [3.63, 3.8) is 0 Å². The van der Waals surface area contributed by atoms with E-state index in [2.05, 4.69) is 32.4 Å². The second-order valence-electron chi connectivity index (χ2n) is 4.56. The molecule has 1 atom stereocenters. The quantitative estimate of drug-likeness (QED) is 0.778. The van der Waals surface area contributed by atoms with Gasteiger partial charge in [-0.05, 0) is 19.1 Å². The van der Waals surface area contributed by atoms with Crippen molar-refractivity contribution in [3.05, 3.63) is 48.9 Å². The maximum Gasteiger partial charge on any atom is 0.155 e. The van der Waals surface area contributed by atoms with Crippen LogP contribution in [0.5, 0.6) is 0 Å². The SMILES string of the molecule is CC(Nc1ccc(-n2cncn2)nc1)c1cnn(C)c1. The average molecular weight is 269 g/mol. The highest BCUT2D eigenvalue weighted by molar-refractivity contribution is 5.45. The second kappa shape index (κ2) is 5.12. The van der Waals surface area contributed by atoms with Crippen LogP contribution in [0, 0.1) is 0 Å². The Labute approximate surface area is 116 Å². The van der Waals surface area contributed by atoms with Gasteiger partial charge in [-0.1, -0.05) is 0 Å². The molecule has 3 rings (SSSR count). The first kappa shape index (κ1) is 12.3. The standard InChI is InChI=1S/C13H15N7/c1-10(11-5-16-19(2)7-11)18-12-3-4-13(15-6-12)20-9-14-8-17-20/h3-10,18H,1-2H3. The van der Waals surface area contributed by atoms with Crippen LogP contribution in [-0.2, 0) is 7.05 Å². The molecule has 0 radical (unpaired) electrons. The molecule has 1 N–H and O–H groups in total. The fraction of sp³-hybridized carbons (Fsp3) is 0.231. The third-order valence-corrected chi connectivity index (χ3v) is 3.01. The molecule has 0 saturated heterocycles. The van der Waals surface area contributed by atoms with E-state index in [1.165, 1.54) is 6.33 Å². The highest BCUT2D eigenvalue weighted by Crippen LogP contribution is 2.18. The van der Waals surface area contributed by atoms with Crippen LogP contribution in [0.3, 0.4) is 0 Å². The lowest BCUT2D eigenvalue weighted by Gasteiger charge is -2.13. The zero-order valence-electron chi connectivity index (χ0n) is 11.3. The summed E-state index contributed by atoms with van der Waals surface area (Å²) < 4.78 is 3.41. The molecule has 0 amide bonds. The molecule has 0 spiro atoms. The number of pyridine rings is 1. The van der Waals surface area contributed by atoms with Gasteiger partial charge in [0, 0.05) is 18.8 Å². The summed E-state index contributed by atoms with van der Waals surface area (Å²) in [6.07, 6.45) is 8.74. The number of rotatable bonds is 4. The first-order valence-corrected chi connectivity index (χ1v) is 6.28. The molecule has 0 saturated carbocycles. The highest BCUT2D eigenvalue weighted by atomic mass is 15.3. The molecule has 7 nitrogen and oxygen atoms in total. The van der Waals surface area contributed by atoms with Crippen LogP contribution in [0.15, 0.2) is 43.4 Å². The number of anilines is 1. The van der Waals surface area contributed by atoms with Crippen molar-refractivity contribution in [1.29, 1.82) is 0 Å². The Morgan fingerprint density at radius 2 is 2.10 bits per heavy atom. The Balaban J connectivity index is 1.72. The average Bonchev–Trinajstić information content (AvgIpc) is 3.10. The molecule has 20 heavy (non-hydrogen) atoms. The molecule has 0 aromatic carbocycles. The van der Waals surface area contributed by atoms with Crippen molar-refractivity contribution in [2.24, 2.45) is 7.05 Å². The summed E-state index contributed by atoms with van der Waals surface area (Å²) in [7, 11) is 1.91. The van der Waals surface area contributed by atoms with E-state index >= 15 is 0 Å². The molecular weight excluding hydrogens is 254 g/mol. The molecule has 3 heterocycles. The lowest BCUT2D eigenvalue weighted by atomic mass is 10.2. The Bertz CT molecular complexity index is 669. The van der Waals surface area contributed by atoms with Crippen LogP contribution in [0.1, 0.15) is 18.5 Å². The summed E-state index contributed by atoms with van der Waals surface area (Å²) in [5, 5.41) is 11.6. The Morgan fingerprint density at radius 1 is 1.20 bits per heavy atom. The predicted molar refractivity (Wildman–Crippen MR) is 74.4 cm³/mol. The van der Waals surface area contributed by atoms with E-state index in [-0.39, 0.29) is 6.04 Å². The first-order valence-electron chi connectivity index (χ1n) is 6.28. The number of aromatic nitrogens is 6. The molecule has 3 aromatic heterocycles. The molecular formula is C13H15N7. The molecule has 1 unspecified atom stereocenters. The Kier molecular flexibility index (Phi) is 3.16. The molecule has 7 heteroatoms. The normalized spacial score (nSPS) is 12.3. The molecule has 102 valence electrons. The van der Waals surface area contributed by atoms with Crippen LogP contribution in [0.4, 0.5) is 5.69 Å². The van der Waals surface area contributed by atoms with Crippen molar-refractivity contribution in [2.75, 3.05) is 5.32 Å². The molecule has 0 fully saturated rings. The fourth-order valence-electron chi connectivity index (χ4n) is 1.93. The maximum atomic E-state index is 4.35. The fourth-order valence-corrected chi connectivity index (χ4v) is 1.93. The van der Waals surface area contributed by atoms with E-state index in [0.29, 0.717) is 0 Å². The van der Waals surface area contributed by atoms with Crippen molar-refractivity contribution in [3.8, 4) is 5.82 Å². The smallest absolute Gasteiger partial charge is 0.155 e. The minimum absolute atomic E-state index is 0.169. The van der Waals surface area contributed by atoms with Crippen molar-refractivity contribution >= 4 is 5.69 Å². The molecule has 0 bridgehead atoms. The summed E-state index contributed by atoms with van der Waals surface area (Å²) in [6, 6.07) is 4.03. The third kappa shape index (κ3) is 2.51. The highest BCUT2D eigenvalue weighted by Gasteiger charge is 2.07. The van der Waals surface area contributed by atoms with Gasteiger partial charge in [-0.15, -0.1) is 0 Å². The van der Waals surface area contributed by atoms with E-state index in [0.717, 1.165) is 17.1 Å². The third-order valence-electron chi connectivity index (χ3n) is 3.01. The first-order chi connectivity index (χ1) is 9.72. The van der Waals surface area contributed by atoms with Crippen molar-refractivity contribution < 1.29 is 0 Å². The van der Waals surface area contributed by atoms with E-state index in [4.69, 9.17) is 0 Å². The number of nitrogens with one attached hydrogen (secondary N) is 1. The van der Waals surface area contributed by atoms with Gasteiger partial charge in [-0.25, -0.2) is 14.6 Å². The topological polar surface area (TPSA) is 73.5 Å². The second-order valence-corrected chi connectivity index (χ2v) is 4.56. The van der Waals surface area contributed by atoms with Crippen molar-refractivity contribution in [2.45, 2.75) is 13.0 Å². The lowest BCUT2D eigenvalue weighted by Crippen LogP contribution is -2.06. The number of nitrogens with zero attached hydrogens (tertiary/aromatic N) is 6. The van der Waals surface area contributed by atoms with Gasteiger partial charge in [0.05, 0.1) is 24.1 Å². The van der Waals surface area contributed by atoms with E-state index in [1.54, 1.807) is 21.9 Å². The zero-order valence-corrected chi connectivity index (χ0v) is 11.3. The largest absolute Gasteiger partial charge is 0.377 e. The van der Waals surface area contributed by atoms with Gasteiger partial charge >= 0.3 is 0 Å². The van der Waals surface area contributed by atoms with Gasteiger partial charge in [0.1, 0.15) is 12.7 Å². The molecule has 0 aliphatic heterocycles. The van der Waals surface area contributed by atoms with Crippen LogP contribution >= 0.6 is 0 Å². The van der Waals surface area contributed by atoms with Crippen LogP contribution in [0.25, 0.3) is 5.82 Å². The van der Waals surface area contributed by atoms with Crippen LogP contribution < -0.4 is 5.32 Å². The molecule has 0 aliphatic rings. The predicted octanol–water partition coefficient (Wildman–Crippen LogP) is 1.57. The zero-order chi connectivity index (χ0) is 13.9. The van der Waals surface area contributed by atoms with Gasteiger partial charge in [0.2, 0.25) is 0 Å². The summed E-state index contributed by atoms with van der Waals surface area (Å²) in [4.78, 5) is 8.25. The summed E-state index contributed by atoms with van der Waals surface area (Å²) in [5.41, 5.74) is 2.08. The van der Waals surface area contributed by atoms with Gasteiger partial charge in [0.15, 0.2) is 5.82 Å². The summed E-state index contributed by atoms with van der Waals surface area (Å²) >= 11 is 0. The maximum absolute atomic E-state index is 4.35. The van der Waals surface area contributed by atoms with Crippen LogP contribution in [0.2, 0.25) is 0 Å². The van der Waals surface area contributed by atoms with Gasteiger partial charge in [-0.2, -0.15) is 10.2 Å². The van der Waals surface area contributed by atoms with E-state index < -0.39 is 0 Å². The monoisotopic (exact) mass is 269 g/mol. The van der Waals surface area contributed by atoms with Gasteiger partial charge in [0.25, 0.3) is 0 Å². The molecule has 0 aliphatic carbocycles. The van der Waals surface area contributed by atoms with Crippen molar-refractivity contribution in [1.82, 2.24) is 29.5 Å². The van der Waals surface area contributed by atoms with Crippen LogP contribution in [-0.4, -0.2) is 29.5 Å².